The number of urea groups is 1. The quantitative estimate of drug-likeness (QED) is 0.447. The molecule has 2 unspecified atom stereocenters. The number of aromatic nitrogens is 1. The van der Waals surface area contributed by atoms with E-state index in [-0.39, 0.29) is 23.9 Å². The Hall–Kier alpha value is -4.31. The zero-order chi connectivity index (χ0) is 27.1. The van der Waals surface area contributed by atoms with Crippen LogP contribution in [-0.4, -0.2) is 52.1 Å². The van der Waals surface area contributed by atoms with E-state index in [1.54, 1.807) is 16.0 Å². The van der Waals surface area contributed by atoms with E-state index in [9.17, 15) is 14.4 Å². The first-order chi connectivity index (χ1) is 18.9. The first kappa shape index (κ1) is 25.0. The Morgan fingerprint density at radius 1 is 1.15 bits per heavy atom. The lowest BCUT2D eigenvalue weighted by atomic mass is 9.99. The SMILES string of the molecule is C=CC(=O)N1CCC(NC(=O)[C@@H]2Sc3nccc4c3C2NC(=O)N4c2ccc(Oc3ccccc3)cc2C)C1. The van der Waals surface area contributed by atoms with Gasteiger partial charge < -0.3 is 20.3 Å². The van der Waals surface area contributed by atoms with Crippen molar-refractivity contribution >= 4 is 41.0 Å². The van der Waals surface area contributed by atoms with Crippen molar-refractivity contribution in [1.82, 2.24) is 20.5 Å². The van der Waals surface area contributed by atoms with E-state index in [1.165, 1.54) is 17.8 Å². The second kappa shape index (κ2) is 10.1. The smallest absolute Gasteiger partial charge is 0.327 e. The second-order valence-electron chi connectivity index (χ2n) is 9.70. The van der Waals surface area contributed by atoms with Gasteiger partial charge in [-0.1, -0.05) is 36.5 Å². The Morgan fingerprint density at radius 2 is 1.97 bits per heavy atom. The maximum Gasteiger partial charge on any atom is 0.327 e. The summed E-state index contributed by atoms with van der Waals surface area (Å²) in [6, 6.07) is 16.0. The molecule has 0 aliphatic carbocycles. The van der Waals surface area contributed by atoms with Crippen LogP contribution in [-0.2, 0) is 9.59 Å². The molecule has 4 amide bonds. The molecule has 9 nitrogen and oxygen atoms in total. The lowest BCUT2D eigenvalue weighted by molar-refractivity contribution is -0.126. The van der Waals surface area contributed by atoms with Gasteiger partial charge >= 0.3 is 6.03 Å². The monoisotopic (exact) mass is 541 g/mol. The van der Waals surface area contributed by atoms with E-state index in [2.05, 4.69) is 22.2 Å². The Balaban J connectivity index is 1.23. The van der Waals surface area contributed by atoms with Crippen LogP contribution in [0, 0.1) is 6.92 Å². The maximum absolute atomic E-state index is 13.5. The molecule has 0 saturated carbocycles. The molecule has 198 valence electrons. The number of ether oxygens (including phenoxy) is 1. The second-order valence-corrected chi connectivity index (χ2v) is 10.8. The van der Waals surface area contributed by atoms with Crippen molar-refractivity contribution in [2.75, 3.05) is 18.0 Å². The Morgan fingerprint density at radius 3 is 2.74 bits per heavy atom. The van der Waals surface area contributed by atoms with E-state index < -0.39 is 11.3 Å². The fourth-order valence-electron chi connectivity index (χ4n) is 5.32. The van der Waals surface area contributed by atoms with Crippen molar-refractivity contribution in [3.05, 3.63) is 84.6 Å². The molecule has 3 aliphatic rings. The minimum absolute atomic E-state index is 0.141. The van der Waals surface area contributed by atoms with Gasteiger partial charge in [0.05, 0.1) is 17.4 Å². The molecule has 4 heterocycles. The zero-order valence-corrected chi connectivity index (χ0v) is 22.1. The standard InChI is InChI=1S/C29H27N5O4S/c1-3-23(35)33-14-12-18(16-33)31-27(36)26-25-24-22(11-13-30-28(24)39-26)34(29(37)32-25)21-10-9-20(15-17(21)2)38-19-7-5-4-6-8-19/h3-11,13,15,18,25-26H,1,12,14,16H2,2H3,(H,31,36)(H,32,37)/t18?,25?,26-/m1/s1. The van der Waals surface area contributed by atoms with Gasteiger partial charge in [-0.25, -0.2) is 9.78 Å². The number of rotatable bonds is 6. The number of benzene rings is 2. The van der Waals surface area contributed by atoms with E-state index >= 15 is 0 Å². The number of nitrogens with zero attached hydrogens (tertiary/aromatic N) is 3. The first-order valence-corrected chi connectivity index (χ1v) is 13.6. The Bertz CT molecular complexity index is 1480. The van der Waals surface area contributed by atoms with E-state index in [1.807, 2.05) is 61.5 Å². The fraction of sp³-hybridized carbons (Fsp3) is 0.241. The number of likely N-dealkylation sites (tertiary alicyclic amines) is 1. The van der Waals surface area contributed by atoms with Crippen LogP contribution in [0.2, 0.25) is 0 Å². The van der Waals surface area contributed by atoms with Crippen LogP contribution in [0.25, 0.3) is 0 Å². The summed E-state index contributed by atoms with van der Waals surface area (Å²) < 4.78 is 5.96. The maximum atomic E-state index is 13.5. The first-order valence-electron chi connectivity index (χ1n) is 12.7. The molecule has 2 aromatic carbocycles. The molecule has 3 atom stereocenters. The number of anilines is 2. The fourth-order valence-corrected chi connectivity index (χ4v) is 6.56. The molecule has 0 bridgehead atoms. The molecule has 3 aliphatic heterocycles. The van der Waals surface area contributed by atoms with Gasteiger partial charge in [0.15, 0.2) is 0 Å². The van der Waals surface area contributed by atoms with E-state index in [0.29, 0.717) is 30.9 Å². The number of para-hydroxylation sites is 1. The summed E-state index contributed by atoms with van der Waals surface area (Å²) in [4.78, 5) is 46.6. The van der Waals surface area contributed by atoms with Crippen molar-refractivity contribution in [3.8, 4) is 11.5 Å². The number of aryl methyl sites for hydroxylation is 1. The number of carbonyl (C=O) groups is 3. The van der Waals surface area contributed by atoms with Gasteiger partial charge in [-0.15, -0.1) is 0 Å². The average Bonchev–Trinajstić information content (AvgIpc) is 3.55. The predicted octanol–water partition coefficient (Wildman–Crippen LogP) is 4.46. The molecule has 10 heteroatoms. The van der Waals surface area contributed by atoms with Gasteiger partial charge in [0.1, 0.15) is 21.8 Å². The van der Waals surface area contributed by atoms with Gasteiger partial charge in [-0.2, -0.15) is 0 Å². The number of hydrogen-bond donors (Lipinski definition) is 2. The normalized spacial score (nSPS) is 21.3. The molecule has 39 heavy (non-hydrogen) atoms. The number of thioether (sulfide) groups is 1. The van der Waals surface area contributed by atoms with Crippen LogP contribution in [0.4, 0.5) is 16.2 Å². The molecule has 2 N–H and O–H groups in total. The van der Waals surface area contributed by atoms with E-state index in [4.69, 9.17) is 4.74 Å². The van der Waals surface area contributed by atoms with Crippen LogP contribution in [0.3, 0.4) is 0 Å². The van der Waals surface area contributed by atoms with Gasteiger partial charge in [-0.05, 0) is 61.4 Å². The molecule has 1 saturated heterocycles. The number of nitrogens with one attached hydrogen (secondary N) is 2. The molecular formula is C29H27N5O4S. The van der Waals surface area contributed by atoms with Crippen molar-refractivity contribution in [2.45, 2.75) is 35.7 Å². The molecule has 6 rings (SSSR count). The summed E-state index contributed by atoms with van der Waals surface area (Å²) in [5, 5.41) is 6.28. The largest absolute Gasteiger partial charge is 0.457 e. The van der Waals surface area contributed by atoms with Crippen LogP contribution >= 0.6 is 11.8 Å². The van der Waals surface area contributed by atoms with Crippen molar-refractivity contribution in [1.29, 1.82) is 0 Å². The molecule has 0 radical (unpaired) electrons. The minimum atomic E-state index is -0.563. The predicted molar refractivity (Wildman–Crippen MR) is 148 cm³/mol. The number of amides is 4. The number of carbonyl (C=O) groups excluding carboxylic acids is 3. The summed E-state index contributed by atoms with van der Waals surface area (Å²) >= 11 is 1.35. The highest BCUT2D eigenvalue weighted by Crippen LogP contribution is 2.51. The van der Waals surface area contributed by atoms with Gasteiger partial charge in [0.2, 0.25) is 11.8 Å². The van der Waals surface area contributed by atoms with Crippen LogP contribution in [0.1, 0.15) is 23.6 Å². The van der Waals surface area contributed by atoms with E-state index in [0.717, 1.165) is 27.6 Å². The summed E-state index contributed by atoms with van der Waals surface area (Å²) in [7, 11) is 0. The van der Waals surface area contributed by atoms with Crippen molar-refractivity contribution in [3.63, 3.8) is 0 Å². The summed E-state index contributed by atoms with van der Waals surface area (Å²) in [6.07, 6.45) is 3.63. The average molecular weight is 542 g/mol. The highest BCUT2D eigenvalue weighted by atomic mass is 32.2. The van der Waals surface area contributed by atoms with Gasteiger partial charge in [-0.3, -0.25) is 14.5 Å². The third kappa shape index (κ3) is 4.61. The summed E-state index contributed by atoms with van der Waals surface area (Å²) in [5.74, 6) is 1.08. The van der Waals surface area contributed by atoms with Crippen molar-refractivity contribution in [2.24, 2.45) is 0 Å². The number of hydrogen-bond acceptors (Lipinski definition) is 6. The highest BCUT2D eigenvalue weighted by molar-refractivity contribution is 8.01. The van der Waals surface area contributed by atoms with Crippen molar-refractivity contribution < 1.29 is 19.1 Å². The molecule has 1 aromatic heterocycles. The van der Waals surface area contributed by atoms with Crippen LogP contribution in [0.5, 0.6) is 11.5 Å². The van der Waals surface area contributed by atoms with Gasteiger partial charge in [0, 0.05) is 30.9 Å². The number of pyridine rings is 1. The molecule has 1 fully saturated rings. The third-order valence-corrected chi connectivity index (χ3v) is 8.46. The van der Waals surface area contributed by atoms with Gasteiger partial charge in [0.25, 0.3) is 0 Å². The lowest BCUT2D eigenvalue weighted by Gasteiger charge is -2.35. The molecule has 3 aromatic rings. The Kier molecular flexibility index (Phi) is 6.48. The summed E-state index contributed by atoms with van der Waals surface area (Å²) in [5.41, 5.74) is 3.12. The minimum Gasteiger partial charge on any atom is -0.457 e. The zero-order valence-electron chi connectivity index (χ0n) is 21.3. The lowest BCUT2D eigenvalue weighted by Crippen LogP contribution is -2.50. The highest BCUT2D eigenvalue weighted by Gasteiger charge is 2.47. The topological polar surface area (TPSA) is 104 Å². The molecular weight excluding hydrogens is 514 g/mol. The summed E-state index contributed by atoms with van der Waals surface area (Å²) in [6.45, 7) is 6.48. The third-order valence-electron chi connectivity index (χ3n) is 7.17. The molecule has 0 spiro atoms. The Labute approximate surface area is 230 Å². The van der Waals surface area contributed by atoms with Crippen LogP contribution in [0.15, 0.2) is 78.5 Å². The van der Waals surface area contributed by atoms with Crippen LogP contribution < -0.4 is 20.3 Å².